The number of pyridine rings is 1. The van der Waals surface area contributed by atoms with Crippen LogP contribution in [0.15, 0.2) is 54.7 Å². The molecule has 0 bridgehead atoms. The molecule has 2 aromatic heterocycles. The summed E-state index contributed by atoms with van der Waals surface area (Å²) in [5.41, 5.74) is -0.231. The Labute approximate surface area is 166 Å². The molecule has 29 heavy (non-hydrogen) atoms. The molecule has 4 aromatic rings. The van der Waals surface area contributed by atoms with Crippen molar-refractivity contribution in [3.63, 3.8) is 0 Å². The van der Waals surface area contributed by atoms with Crippen molar-refractivity contribution in [1.29, 1.82) is 0 Å². The van der Waals surface area contributed by atoms with Crippen molar-refractivity contribution in [2.75, 3.05) is 0 Å². The van der Waals surface area contributed by atoms with Gasteiger partial charge in [0.2, 0.25) is 0 Å². The van der Waals surface area contributed by atoms with Crippen LogP contribution in [0, 0.1) is 5.82 Å². The van der Waals surface area contributed by atoms with E-state index >= 15 is 0 Å². The molecule has 5 nitrogen and oxygen atoms in total. The fourth-order valence-electron chi connectivity index (χ4n) is 2.70. The number of benzene rings is 2. The number of ether oxygens (including phenoxy) is 1. The SMILES string of the molecule is Fc1ccc2nc(C(F)(F)F)cc(OCc3cn(-c4ccccc4Cl)nn3)c2c1. The van der Waals surface area contributed by atoms with E-state index in [4.69, 9.17) is 16.3 Å². The van der Waals surface area contributed by atoms with Crippen LogP contribution in [0.3, 0.4) is 0 Å². The van der Waals surface area contributed by atoms with Crippen LogP contribution in [0.1, 0.15) is 11.4 Å². The zero-order chi connectivity index (χ0) is 20.6. The van der Waals surface area contributed by atoms with Gasteiger partial charge in [-0.05, 0) is 30.3 Å². The lowest BCUT2D eigenvalue weighted by Crippen LogP contribution is -2.09. The Morgan fingerprint density at radius 3 is 2.62 bits per heavy atom. The molecule has 0 aliphatic rings. The summed E-state index contributed by atoms with van der Waals surface area (Å²) in [6.07, 6.45) is -3.14. The van der Waals surface area contributed by atoms with Crippen LogP contribution in [-0.2, 0) is 12.8 Å². The highest BCUT2D eigenvalue weighted by molar-refractivity contribution is 6.32. The minimum absolute atomic E-state index is 0.0315. The zero-order valence-corrected chi connectivity index (χ0v) is 15.2. The molecule has 10 heteroatoms. The van der Waals surface area contributed by atoms with Crippen molar-refractivity contribution in [3.05, 3.63) is 77.0 Å². The van der Waals surface area contributed by atoms with Crippen molar-refractivity contribution in [2.24, 2.45) is 0 Å². The number of halogens is 5. The molecule has 2 heterocycles. The normalized spacial score (nSPS) is 11.8. The molecular formula is C19H11ClF4N4O. The van der Waals surface area contributed by atoms with E-state index in [1.807, 2.05) is 0 Å². The lowest BCUT2D eigenvalue weighted by molar-refractivity contribution is -0.141. The third kappa shape index (κ3) is 4.00. The number of hydrogen-bond acceptors (Lipinski definition) is 4. The number of alkyl halides is 3. The summed E-state index contributed by atoms with van der Waals surface area (Å²) in [6.45, 7) is -0.183. The maximum atomic E-state index is 13.6. The van der Waals surface area contributed by atoms with Gasteiger partial charge in [-0.2, -0.15) is 13.2 Å². The highest BCUT2D eigenvalue weighted by Crippen LogP contribution is 2.34. The third-order valence-electron chi connectivity index (χ3n) is 4.04. The van der Waals surface area contributed by atoms with Gasteiger partial charge in [0.25, 0.3) is 0 Å². The summed E-state index contributed by atoms with van der Waals surface area (Å²) in [6, 6.07) is 11.0. The molecule has 0 N–H and O–H groups in total. The molecule has 0 amide bonds. The molecule has 0 fully saturated rings. The van der Waals surface area contributed by atoms with Gasteiger partial charge in [-0.3, -0.25) is 0 Å². The predicted octanol–water partition coefficient (Wildman–Crippen LogP) is 5.21. The molecule has 4 rings (SSSR count). The number of aromatic nitrogens is 4. The first kappa shape index (κ1) is 19.1. The van der Waals surface area contributed by atoms with Crippen molar-refractivity contribution < 1.29 is 22.3 Å². The second-order valence-corrected chi connectivity index (χ2v) is 6.47. The van der Waals surface area contributed by atoms with Gasteiger partial charge < -0.3 is 4.74 Å². The average Bonchev–Trinajstić information content (AvgIpc) is 3.14. The first-order valence-electron chi connectivity index (χ1n) is 8.28. The topological polar surface area (TPSA) is 52.8 Å². The second kappa shape index (κ2) is 7.32. The lowest BCUT2D eigenvalue weighted by Gasteiger charge is -2.12. The molecule has 2 aromatic carbocycles. The first-order chi connectivity index (χ1) is 13.8. The lowest BCUT2D eigenvalue weighted by atomic mass is 10.1. The van der Waals surface area contributed by atoms with Crippen LogP contribution < -0.4 is 4.74 Å². The van der Waals surface area contributed by atoms with Gasteiger partial charge in [0.15, 0.2) is 0 Å². The number of hydrogen-bond donors (Lipinski definition) is 0. The summed E-state index contributed by atoms with van der Waals surface area (Å²) in [5.74, 6) is -0.775. The maximum Gasteiger partial charge on any atom is 0.433 e. The van der Waals surface area contributed by atoms with E-state index in [2.05, 4.69) is 15.3 Å². The Kier molecular flexibility index (Phi) is 4.83. The van der Waals surface area contributed by atoms with Gasteiger partial charge in [-0.15, -0.1) is 5.10 Å². The molecule has 0 aliphatic heterocycles. The molecular weight excluding hydrogens is 412 g/mol. The fourth-order valence-corrected chi connectivity index (χ4v) is 2.93. The predicted molar refractivity (Wildman–Crippen MR) is 97.4 cm³/mol. The van der Waals surface area contributed by atoms with Gasteiger partial charge >= 0.3 is 6.18 Å². The Hall–Kier alpha value is -3.20. The van der Waals surface area contributed by atoms with E-state index < -0.39 is 17.7 Å². The van der Waals surface area contributed by atoms with Gasteiger partial charge in [-0.25, -0.2) is 14.1 Å². The van der Waals surface area contributed by atoms with E-state index in [0.717, 1.165) is 18.2 Å². The van der Waals surface area contributed by atoms with Crippen LogP contribution >= 0.6 is 11.6 Å². The van der Waals surface area contributed by atoms with Crippen molar-refractivity contribution in [2.45, 2.75) is 12.8 Å². The fraction of sp³-hybridized carbons (Fsp3) is 0.105. The van der Waals surface area contributed by atoms with E-state index in [9.17, 15) is 17.6 Å². The smallest absolute Gasteiger partial charge is 0.433 e. The Morgan fingerprint density at radius 1 is 1.07 bits per heavy atom. The largest absolute Gasteiger partial charge is 0.486 e. The van der Waals surface area contributed by atoms with E-state index in [0.29, 0.717) is 16.4 Å². The number of nitrogens with zero attached hydrogens (tertiary/aromatic N) is 4. The quantitative estimate of drug-likeness (QED) is 0.424. The van der Waals surface area contributed by atoms with Gasteiger partial charge in [-0.1, -0.05) is 28.9 Å². The summed E-state index contributed by atoms with van der Waals surface area (Å²) in [5, 5.41) is 8.45. The van der Waals surface area contributed by atoms with Crippen molar-refractivity contribution in [3.8, 4) is 11.4 Å². The molecule has 0 aliphatic carbocycles. The minimum atomic E-state index is -4.67. The third-order valence-corrected chi connectivity index (χ3v) is 4.36. The van der Waals surface area contributed by atoms with E-state index in [1.54, 1.807) is 24.3 Å². The average molecular weight is 423 g/mol. The van der Waals surface area contributed by atoms with Crippen LogP contribution in [-0.4, -0.2) is 20.0 Å². The zero-order valence-electron chi connectivity index (χ0n) is 14.5. The number of para-hydroxylation sites is 1. The summed E-state index contributed by atoms with van der Waals surface area (Å²) in [7, 11) is 0. The second-order valence-electron chi connectivity index (χ2n) is 6.06. The van der Waals surface area contributed by atoms with Crippen molar-refractivity contribution in [1.82, 2.24) is 20.0 Å². The molecule has 0 atom stereocenters. The van der Waals surface area contributed by atoms with Crippen LogP contribution in [0.2, 0.25) is 5.02 Å². The maximum absolute atomic E-state index is 13.6. The molecule has 0 radical (unpaired) electrons. The summed E-state index contributed by atoms with van der Waals surface area (Å²) in [4.78, 5) is 3.54. The van der Waals surface area contributed by atoms with Crippen molar-refractivity contribution >= 4 is 22.5 Å². The van der Waals surface area contributed by atoms with Gasteiger partial charge in [0.1, 0.15) is 29.6 Å². The molecule has 0 saturated carbocycles. The monoisotopic (exact) mass is 422 g/mol. The molecule has 0 spiro atoms. The van der Waals surface area contributed by atoms with Gasteiger partial charge in [0, 0.05) is 11.5 Å². The van der Waals surface area contributed by atoms with Gasteiger partial charge in [0.05, 0.1) is 22.4 Å². The molecule has 0 unspecified atom stereocenters. The van der Waals surface area contributed by atoms with E-state index in [1.165, 1.54) is 16.9 Å². The minimum Gasteiger partial charge on any atom is -0.486 e. The number of rotatable bonds is 4. The van der Waals surface area contributed by atoms with E-state index in [-0.39, 0.29) is 23.3 Å². The van der Waals surface area contributed by atoms with Crippen LogP contribution in [0.4, 0.5) is 17.6 Å². The highest BCUT2D eigenvalue weighted by atomic mass is 35.5. The Morgan fingerprint density at radius 2 is 1.86 bits per heavy atom. The molecule has 0 saturated heterocycles. The summed E-state index contributed by atoms with van der Waals surface area (Å²) >= 11 is 6.11. The Balaban J connectivity index is 1.65. The standard InChI is InChI=1S/C19H11ClF4N4O/c20-14-3-1-2-4-16(14)28-9-12(26-27-28)10-29-17-8-18(19(22,23)24)25-15-6-5-11(21)7-13(15)17/h1-9H,10H2. The number of fused-ring (bicyclic) bond motifs is 1. The summed E-state index contributed by atoms with van der Waals surface area (Å²) < 4.78 is 60.0. The first-order valence-corrected chi connectivity index (χ1v) is 8.65. The molecule has 148 valence electrons. The van der Waals surface area contributed by atoms with Crippen LogP contribution in [0.25, 0.3) is 16.6 Å². The Bertz CT molecular complexity index is 1190. The van der Waals surface area contributed by atoms with Crippen LogP contribution in [0.5, 0.6) is 5.75 Å². The highest BCUT2D eigenvalue weighted by Gasteiger charge is 2.33.